The molecule has 110 valence electrons. The molecule has 20 heavy (non-hydrogen) atoms. The highest BCUT2D eigenvalue weighted by atomic mass is 16.1. The molecule has 2 aliphatic rings. The molecule has 5 heteroatoms. The molecule has 0 saturated heterocycles. The highest BCUT2D eigenvalue weighted by Crippen LogP contribution is 2.31. The maximum Gasteiger partial charge on any atom is 0.223 e. The van der Waals surface area contributed by atoms with E-state index in [1.165, 1.54) is 18.7 Å². The number of rotatable bonds is 4. The molecule has 5 nitrogen and oxygen atoms in total. The van der Waals surface area contributed by atoms with Gasteiger partial charge in [0.15, 0.2) is 0 Å². The van der Waals surface area contributed by atoms with E-state index in [0.29, 0.717) is 19.0 Å². The highest BCUT2D eigenvalue weighted by molar-refractivity contribution is 5.79. The van der Waals surface area contributed by atoms with Gasteiger partial charge >= 0.3 is 0 Å². The predicted octanol–water partition coefficient (Wildman–Crippen LogP) is 1.21. The van der Waals surface area contributed by atoms with Gasteiger partial charge in [-0.3, -0.25) is 4.79 Å². The summed E-state index contributed by atoms with van der Waals surface area (Å²) in [7, 11) is 0. The first-order chi connectivity index (χ1) is 9.78. The molecule has 0 unspecified atom stereocenters. The van der Waals surface area contributed by atoms with Crippen LogP contribution < -0.4 is 11.1 Å². The molecule has 0 spiro atoms. The molecule has 0 bridgehead atoms. The average molecular weight is 276 g/mol. The Morgan fingerprint density at radius 3 is 3.10 bits per heavy atom. The lowest BCUT2D eigenvalue weighted by atomic mass is 9.95. The van der Waals surface area contributed by atoms with Crippen molar-refractivity contribution in [3.05, 3.63) is 17.7 Å². The zero-order valence-electron chi connectivity index (χ0n) is 12.0. The van der Waals surface area contributed by atoms with Crippen molar-refractivity contribution in [2.75, 3.05) is 6.54 Å². The first-order valence-electron chi connectivity index (χ1n) is 7.80. The van der Waals surface area contributed by atoms with E-state index < -0.39 is 0 Å². The number of aryl methyl sites for hydroxylation is 2. The normalized spacial score (nSPS) is 25.4. The zero-order valence-corrected chi connectivity index (χ0v) is 12.0. The van der Waals surface area contributed by atoms with Gasteiger partial charge in [0.25, 0.3) is 0 Å². The fourth-order valence-corrected chi connectivity index (χ4v) is 3.53. The van der Waals surface area contributed by atoms with Gasteiger partial charge < -0.3 is 15.6 Å². The Balaban J connectivity index is 1.56. The molecule has 3 N–H and O–H groups in total. The SMILES string of the molecule is NC[C@H]1CCC[C@H]1C(=O)NCc1cn2c(n1)CCCC2. The van der Waals surface area contributed by atoms with Crippen LogP contribution in [0.4, 0.5) is 0 Å². The van der Waals surface area contributed by atoms with Gasteiger partial charge in [0.05, 0.1) is 12.2 Å². The minimum Gasteiger partial charge on any atom is -0.350 e. The second-order valence-corrected chi connectivity index (χ2v) is 6.05. The molecular formula is C15H24N4O. The summed E-state index contributed by atoms with van der Waals surface area (Å²) in [4.78, 5) is 16.8. The number of carbonyl (C=O) groups is 1. The quantitative estimate of drug-likeness (QED) is 0.868. The molecule has 0 aromatic carbocycles. The number of carbonyl (C=O) groups excluding carboxylic acids is 1. The average Bonchev–Trinajstić information content (AvgIpc) is 3.10. The highest BCUT2D eigenvalue weighted by Gasteiger charge is 2.31. The Morgan fingerprint density at radius 1 is 1.40 bits per heavy atom. The minimum absolute atomic E-state index is 0.109. The van der Waals surface area contributed by atoms with Crippen molar-refractivity contribution in [1.29, 1.82) is 0 Å². The molecule has 0 radical (unpaired) electrons. The van der Waals surface area contributed by atoms with E-state index in [0.717, 1.165) is 37.9 Å². The number of imidazole rings is 1. The van der Waals surface area contributed by atoms with E-state index in [1.54, 1.807) is 0 Å². The van der Waals surface area contributed by atoms with Crippen LogP contribution in [0.25, 0.3) is 0 Å². The monoisotopic (exact) mass is 276 g/mol. The third kappa shape index (κ3) is 2.73. The number of nitrogens with two attached hydrogens (primary N) is 1. The molecule has 1 saturated carbocycles. The summed E-state index contributed by atoms with van der Waals surface area (Å²) in [6, 6.07) is 0. The van der Waals surface area contributed by atoms with Gasteiger partial charge in [-0.1, -0.05) is 6.42 Å². The van der Waals surface area contributed by atoms with Gasteiger partial charge in [0.2, 0.25) is 5.91 Å². The fraction of sp³-hybridized carbons (Fsp3) is 0.733. The van der Waals surface area contributed by atoms with Gasteiger partial charge in [0.1, 0.15) is 5.82 Å². The number of amides is 1. The third-order valence-corrected chi connectivity index (χ3v) is 4.70. The number of fused-ring (bicyclic) bond motifs is 1. The maximum atomic E-state index is 12.2. The first-order valence-corrected chi connectivity index (χ1v) is 7.80. The van der Waals surface area contributed by atoms with E-state index in [9.17, 15) is 4.79 Å². The summed E-state index contributed by atoms with van der Waals surface area (Å²) in [5.41, 5.74) is 6.72. The summed E-state index contributed by atoms with van der Waals surface area (Å²) in [6.07, 6.45) is 8.80. The van der Waals surface area contributed by atoms with Crippen LogP contribution in [0, 0.1) is 11.8 Å². The van der Waals surface area contributed by atoms with Crippen LogP contribution in [0.2, 0.25) is 0 Å². The van der Waals surface area contributed by atoms with E-state index in [1.807, 2.05) is 0 Å². The van der Waals surface area contributed by atoms with Crippen molar-refractivity contribution in [2.45, 2.75) is 51.6 Å². The number of hydrogen-bond donors (Lipinski definition) is 2. The number of nitrogens with zero attached hydrogens (tertiary/aromatic N) is 2. The lowest BCUT2D eigenvalue weighted by Crippen LogP contribution is -2.34. The van der Waals surface area contributed by atoms with Crippen molar-refractivity contribution in [2.24, 2.45) is 17.6 Å². The number of aromatic nitrogens is 2. The topological polar surface area (TPSA) is 72.9 Å². The third-order valence-electron chi connectivity index (χ3n) is 4.70. The summed E-state index contributed by atoms with van der Waals surface area (Å²) in [6.45, 7) is 2.23. The molecule has 1 aromatic heterocycles. The molecule has 1 aliphatic heterocycles. The lowest BCUT2D eigenvalue weighted by Gasteiger charge is -2.16. The first kappa shape index (κ1) is 13.6. The van der Waals surface area contributed by atoms with E-state index >= 15 is 0 Å². The Hall–Kier alpha value is -1.36. The van der Waals surface area contributed by atoms with Crippen LogP contribution in [0.5, 0.6) is 0 Å². The zero-order chi connectivity index (χ0) is 13.9. The van der Waals surface area contributed by atoms with Crippen LogP contribution in [0.1, 0.15) is 43.6 Å². The second-order valence-electron chi connectivity index (χ2n) is 6.05. The standard InChI is InChI=1S/C15H24N4O/c16-8-11-4-3-5-13(11)15(20)17-9-12-10-19-7-2-1-6-14(19)18-12/h10-11,13H,1-9,16H2,(H,17,20)/t11-,13-/m1/s1. The van der Waals surface area contributed by atoms with Gasteiger partial charge in [-0.2, -0.15) is 0 Å². The van der Waals surface area contributed by atoms with Crippen molar-refractivity contribution in [3.8, 4) is 0 Å². The van der Waals surface area contributed by atoms with Gasteiger partial charge in [-0.05, 0) is 38.1 Å². The van der Waals surface area contributed by atoms with Crippen LogP contribution in [0.3, 0.4) is 0 Å². The van der Waals surface area contributed by atoms with Crippen molar-refractivity contribution in [1.82, 2.24) is 14.9 Å². The fourth-order valence-electron chi connectivity index (χ4n) is 3.53. The van der Waals surface area contributed by atoms with Crippen molar-refractivity contribution >= 4 is 5.91 Å². The summed E-state index contributed by atoms with van der Waals surface area (Å²) in [5, 5.41) is 3.04. The molecule has 1 aromatic rings. The molecule has 1 fully saturated rings. The second kappa shape index (κ2) is 5.95. The van der Waals surface area contributed by atoms with Crippen molar-refractivity contribution < 1.29 is 4.79 Å². The van der Waals surface area contributed by atoms with Gasteiger partial charge in [-0.15, -0.1) is 0 Å². The minimum atomic E-state index is 0.109. The molecule has 2 heterocycles. The molecule has 2 atom stereocenters. The van der Waals surface area contributed by atoms with Gasteiger partial charge in [0, 0.05) is 25.1 Å². The van der Waals surface area contributed by atoms with Crippen LogP contribution in [0.15, 0.2) is 6.20 Å². The summed E-state index contributed by atoms with van der Waals surface area (Å²) < 4.78 is 2.23. The Kier molecular flexibility index (Phi) is 4.05. The summed E-state index contributed by atoms with van der Waals surface area (Å²) in [5.74, 6) is 1.80. The lowest BCUT2D eigenvalue weighted by molar-refractivity contribution is -0.126. The smallest absolute Gasteiger partial charge is 0.223 e. The van der Waals surface area contributed by atoms with Crippen LogP contribution in [-0.2, 0) is 24.3 Å². The van der Waals surface area contributed by atoms with Crippen LogP contribution >= 0.6 is 0 Å². The molecular weight excluding hydrogens is 252 g/mol. The Labute approximate surface area is 119 Å². The largest absolute Gasteiger partial charge is 0.350 e. The Bertz CT molecular complexity index is 459. The van der Waals surface area contributed by atoms with Crippen LogP contribution in [-0.4, -0.2) is 22.0 Å². The number of hydrogen-bond acceptors (Lipinski definition) is 3. The molecule has 1 amide bonds. The van der Waals surface area contributed by atoms with Gasteiger partial charge in [-0.25, -0.2) is 4.98 Å². The number of nitrogens with one attached hydrogen (secondary N) is 1. The predicted molar refractivity (Wildman–Crippen MR) is 76.9 cm³/mol. The maximum absolute atomic E-state index is 12.2. The Morgan fingerprint density at radius 2 is 2.30 bits per heavy atom. The van der Waals surface area contributed by atoms with E-state index in [-0.39, 0.29) is 11.8 Å². The summed E-state index contributed by atoms with van der Waals surface area (Å²) >= 11 is 0. The van der Waals surface area contributed by atoms with E-state index in [2.05, 4.69) is 21.1 Å². The molecule has 3 rings (SSSR count). The van der Waals surface area contributed by atoms with Crippen molar-refractivity contribution in [3.63, 3.8) is 0 Å². The molecule has 1 aliphatic carbocycles. The van der Waals surface area contributed by atoms with E-state index in [4.69, 9.17) is 5.73 Å².